The molecule has 2 aromatic heterocycles. The first-order valence-electron chi connectivity index (χ1n) is 9.55. The van der Waals surface area contributed by atoms with Gasteiger partial charge in [-0.05, 0) is 42.5 Å². The Kier molecular flexibility index (Phi) is 4.78. The summed E-state index contributed by atoms with van der Waals surface area (Å²) in [7, 11) is -4.63. The van der Waals surface area contributed by atoms with Crippen LogP contribution in [0.1, 0.15) is 0 Å². The fourth-order valence-electron chi connectivity index (χ4n) is 3.49. The molecule has 11 heteroatoms. The molecule has 5 aromatic rings. The van der Waals surface area contributed by atoms with E-state index in [0.717, 1.165) is 23.0 Å². The van der Waals surface area contributed by atoms with Crippen LogP contribution in [0.4, 0.5) is 13.2 Å². The van der Waals surface area contributed by atoms with Gasteiger partial charge in [0.25, 0.3) is 0 Å². The Bertz CT molecular complexity index is 1560. The van der Waals surface area contributed by atoms with Gasteiger partial charge >= 0.3 is 16.5 Å². The van der Waals surface area contributed by atoms with E-state index in [2.05, 4.69) is 19.9 Å². The van der Waals surface area contributed by atoms with E-state index in [9.17, 15) is 21.6 Å². The Morgan fingerprint density at radius 2 is 1.64 bits per heavy atom. The van der Waals surface area contributed by atoms with Crippen LogP contribution in [0.3, 0.4) is 0 Å². The van der Waals surface area contributed by atoms with Crippen molar-refractivity contribution in [1.29, 1.82) is 0 Å². The van der Waals surface area contributed by atoms with Gasteiger partial charge in [0, 0.05) is 16.3 Å². The largest absolute Gasteiger partial charge is 0.573 e. The number of aromatic nitrogens is 3. The van der Waals surface area contributed by atoms with Crippen molar-refractivity contribution in [1.82, 2.24) is 15.2 Å². The second-order valence-electron chi connectivity index (χ2n) is 7.08. The first-order chi connectivity index (χ1) is 15.7. The van der Waals surface area contributed by atoms with Gasteiger partial charge < -0.3 is 13.9 Å². The van der Waals surface area contributed by atoms with Crippen LogP contribution in [-0.2, 0) is 10.1 Å². The van der Waals surface area contributed by atoms with Crippen LogP contribution >= 0.6 is 0 Å². The van der Waals surface area contributed by atoms with Crippen LogP contribution in [0.5, 0.6) is 11.5 Å². The summed E-state index contributed by atoms with van der Waals surface area (Å²) in [6, 6.07) is 18.3. The summed E-state index contributed by atoms with van der Waals surface area (Å²) in [6.07, 6.45) is -5.06. The van der Waals surface area contributed by atoms with E-state index >= 15 is 0 Å². The van der Waals surface area contributed by atoms with Crippen molar-refractivity contribution in [3.63, 3.8) is 0 Å². The van der Waals surface area contributed by atoms with Crippen molar-refractivity contribution < 1.29 is 30.5 Å². The van der Waals surface area contributed by atoms with E-state index in [0.29, 0.717) is 22.3 Å². The number of alkyl halides is 3. The van der Waals surface area contributed by atoms with Crippen molar-refractivity contribution in [2.45, 2.75) is 11.3 Å². The molecule has 0 amide bonds. The third-order valence-corrected chi connectivity index (χ3v) is 6.16. The minimum atomic E-state index is -5.06. The molecule has 0 aliphatic carbocycles. The second kappa shape index (κ2) is 7.55. The molecule has 0 aliphatic rings. The Labute approximate surface area is 184 Å². The third kappa shape index (κ3) is 4.10. The van der Waals surface area contributed by atoms with E-state index in [-0.39, 0.29) is 5.75 Å². The van der Waals surface area contributed by atoms with Crippen molar-refractivity contribution in [2.75, 3.05) is 0 Å². The van der Waals surface area contributed by atoms with Gasteiger partial charge in [-0.15, -0.1) is 13.2 Å². The molecular weight excluding hydrogens is 459 g/mol. The molecule has 3 aromatic carbocycles. The minimum absolute atomic E-state index is 0.0944. The predicted octanol–water partition coefficient (Wildman–Crippen LogP) is 5.38. The molecule has 2 N–H and O–H groups in total. The summed E-state index contributed by atoms with van der Waals surface area (Å²) in [5.41, 5.74) is 2.75. The molecule has 0 atom stereocenters. The lowest BCUT2D eigenvalue weighted by Gasteiger charge is -2.13. The zero-order valence-electron chi connectivity index (χ0n) is 16.6. The number of para-hydroxylation sites is 2. The lowest BCUT2D eigenvalue weighted by atomic mass is 10.1. The van der Waals surface area contributed by atoms with Gasteiger partial charge in [-0.1, -0.05) is 30.3 Å². The van der Waals surface area contributed by atoms with Crippen molar-refractivity contribution in [3.05, 3.63) is 72.8 Å². The van der Waals surface area contributed by atoms with E-state index in [1.165, 1.54) is 24.3 Å². The standard InChI is InChI=1S/C22H14F3N3O4S/c23-22(24,25)31-19-7-3-4-8-20(19)33(29,30)32-14-9-10-17-15(12-14)21(28-27-17)18-11-13-5-1-2-6-16(13)26-18/h1-12,26H,(H,27,28). The Morgan fingerprint density at radius 3 is 2.42 bits per heavy atom. The number of halogens is 3. The zero-order chi connectivity index (χ0) is 23.2. The molecular formula is C22H14F3N3O4S. The highest BCUT2D eigenvalue weighted by Crippen LogP contribution is 2.34. The highest BCUT2D eigenvalue weighted by Gasteiger charge is 2.34. The van der Waals surface area contributed by atoms with E-state index in [1.54, 1.807) is 6.07 Å². The summed E-state index contributed by atoms with van der Waals surface area (Å²) in [5, 5.41) is 8.71. The van der Waals surface area contributed by atoms with Gasteiger partial charge in [0.2, 0.25) is 0 Å². The monoisotopic (exact) mass is 473 g/mol. The van der Waals surface area contributed by atoms with E-state index < -0.39 is 27.1 Å². The zero-order valence-corrected chi connectivity index (χ0v) is 17.4. The number of H-pyrrole nitrogens is 2. The van der Waals surface area contributed by atoms with Gasteiger partial charge in [-0.2, -0.15) is 13.5 Å². The number of nitrogens with one attached hydrogen (secondary N) is 2. The quantitative estimate of drug-likeness (QED) is 0.334. The Balaban J connectivity index is 1.52. The molecule has 5 rings (SSSR count). The van der Waals surface area contributed by atoms with Crippen molar-refractivity contribution in [2.24, 2.45) is 0 Å². The molecule has 7 nitrogen and oxygen atoms in total. The van der Waals surface area contributed by atoms with Gasteiger partial charge in [0.15, 0.2) is 5.75 Å². The normalized spacial score (nSPS) is 12.3. The van der Waals surface area contributed by atoms with Gasteiger partial charge in [0.05, 0.1) is 11.2 Å². The lowest BCUT2D eigenvalue weighted by Crippen LogP contribution is -2.20. The number of benzene rings is 3. The summed E-state index contributed by atoms with van der Waals surface area (Å²) >= 11 is 0. The smallest absolute Gasteiger partial charge is 0.404 e. The molecule has 0 aliphatic heterocycles. The fraction of sp³-hybridized carbons (Fsp3) is 0.0455. The molecule has 168 valence electrons. The molecule has 0 spiro atoms. The van der Waals surface area contributed by atoms with E-state index in [4.69, 9.17) is 4.18 Å². The molecule has 0 fully saturated rings. The summed E-state index contributed by atoms with van der Waals surface area (Å²) < 4.78 is 72.6. The van der Waals surface area contributed by atoms with Gasteiger partial charge in [0.1, 0.15) is 16.3 Å². The highest BCUT2D eigenvalue weighted by molar-refractivity contribution is 7.87. The topological polar surface area (TPSA) is 97.1 Å². The second-order valence-corrected chi connectivity index (χ2v) is 8.60. The highest BCUT2D eigenvalue weighted by atomic mass is 32.2. The number of hydrogen-bond acceptors (Lipinski definition) is 5. The molecule has 0 saturated heterocycles. The third-order valence-electron chi connectivity index (χ3n) is 4.87. The summed E-state index contributed by atoms with van der Waals surface area (Å²) in [4.78, 5) is 2.50. The number of nitrogens with zero attached hydrogens (tertiary/aromatic N) is 1. The summed E-state index contributed by atoms with van der Waals surface area (Å²) in [5.74, 6) is -0.976. The average Bonchev–Trinajstić information content (AvgIpc) is 3.36. The number of rotatable bonds is 5. The van der Waals surface area contributed by atoms with Crippen LogP contribution in [0.25, 0.3) is 33.2 Å². The predicted molar refractivity (Wildman–Crippen MR) is 114 cm³/mol. The average molecular weight is 473 g/mol. The van der Waals surface area contributed by atoms with Gasteiger partial charge in [-0.25, -0.2) is 0 Å². The van der Waals surface area contributed by atoms with Crippen LogP contribution in [0.15, 0.2) is 77.7 Å². The maximum Gasteiger partial charge on any atom is 0.573 e. The maximum absolute atomic E-state index is 12.8. The molecule has 0 radical (unpaired) electrons. The van der Waals surface area contributed by atoms with Crippen LogP contribution in [0, 0.1) is 0 Å². The Hall–Kier alpha value is -3.99. The molecule has 2 heterocycles. The number of aromatic amines is 2. The van der Waals surface area contributed by atoms with Crippen LogP contribution in [-0.4, -0.2) is 30.0 Å². The molecule has 0 bridgehead atoms. The molecule has 0 unspecified atom stereocenters. The minimum Gasteiger partial charge on any atom is -0.404 e. The van der Waals surface area contributed by atoms with Gasteiger partial charge in [-0.3, -0.25) is 5.10 Å². The summed E-state index contributed by atoms with van der Waals surface area (Å²) in [6.45, 7) is 0. The Morgan fingerprint density at radius 1 is 0.879 bits per heavy atom. The first kappa shape index (κ1) is 20.9. The van der Waals surface area contributed by atoms with Crippen molar-refractivity contribution in [3.8, 4) is 22.9 Å². The molecule has 0 saturated carbocycles. The number of hydrogen-bond donors (Lipinski definition) is 2. The van der Waals surface area contributed by atoms with Crippen molar-refractivity contribution >= 4 is 31.9 Å². The van der Waals surface area contributed by atoms with Crippen LogP contribution in [0.2, 0.25) is 0 Å². The first-order valence-corrected chi connectivity index (χ1v) is 11.0. The lowest BCUT2D eigenvalue weighted by molar-refractivity contribution is -0.275. The van der Waals surface area contributed by atoms with E-state index in [1.807, 2.05) is 30.3 Å². The maximum atomic E-state index is 12.8. The van der Waals surface area contributed by atoms with Crippen LogP contribution < -0.4 is 8.92 Å². The molecule has 33 heavy (non-hydrogen) atoms. The number of fused-ring (bicyclic) bond motifs is 2. The fourth-order valence-corrected chi connectivity index (χ4v) is 4.54. The number of ether oxygens (including phenoxy) is 1. The SMILES string of the molecule is O=S(=O)(Oc1ccc2[nH]nc(-c3cc4ccccc4[nH]3)c2c1)c1ccccc1OC(F)(F)F.